The summed E-state index contributed by atoms with van der Waals surface area (Å²) in [7, 11) is 0. The number of ether oxygens (including phenoxy) is 1. The molecule has 9 heteroatoms. The predicted octanol–water partition coefficient (Wildman–Crippen LogP) is 3.88. The molecule has 36 heavy (non-hydrogen) atoms. The van der Waals surface area contributed by atoms with E-state index in [0.717, 1.165) is 16.7 Å². The van der Waals surface area contributed by atoms with Crippen LogP contribution in [0.4, 0.5) is 0 Å². The number of amides is 1. The second-order valence-corrected chi connectivity index (χ2v) is 9.44. The average Bonchev–Trinajstić information content (AvgIpc) is 3.40. The number of hydrogen-bond acceptors (Lipinski definition) is 6. The summed E-state index contributed by atoms with van der Waals surface area (Å²) in [6.07, 6.45) is 2.03. The van der Waals surface area contributed by atoms with Crippen molar-refractivity contribution in [3.8, 4) is 11.1 Å². The topological polar surface area (TPSA) is 134 Å². The molecule has 1 heterocycles. The molecule has 9 nitrogen and oxygen atoms in total. The number of carboxylic acids is 1. The van der Waals surface area contributed by atoms with Gasteiger partial charge >= 0.3 is 11.9 Å². The lowest BCUT2D eigenvalue weighted by atomic mass is 9.79. The van der Waals surface area contributed by atoms with Crippen molar-refractivity contribution in [3.63, 3.8) is 0 Å². The van der Waals surface area contributed by atoms with Crippen LogP contribution >= 0.6 is 0 Å². The molecule has 3 aromatic rings. The molecule has 1 aromatic heterocycles. The number of nitrogens with one attached hydrogen (secondary N) is 2. The maximum Gasteiger partial charge on any atom is 0.309 e. The highest BCUT2D eigenvalue weighted by Gasteiger charge is 2.37. The second-order valence-electron chi connectivity index (χ2n) is 9.44. The summed E-state index contributed by atoms with van der Waals surface area (Å²) in [5.74, 6) is -2.15. The summed E-state index contributed by atoms with van der Waals surface area (Å²) < 4.78 is 5.23. The number of esters is 1. The predicted molar refractivity (Wildman–Crippen MR) is 134 cm³/mol. The normalized spacial score (nSPS) is 13.6. The Balaban J connectivity index is 1.77. The Morgan fingerprint density at radius 2 is 1.72 bits per heavy atom. The van der Waals surface area contributed by atoms with Crippen molar-refractivity contribution in [3.05, 3.63) is 72.1 Å². The first-order chi connectivity index (χ1) is 17.2. The fourth-order valence-electron chi connectivity index (χ4n) is 3.88. The van der Waals surface area contributed by atoms with Crippen molar-refractivity contribution < 1.29 is 24.2 Å². The number of aromatic amines is 1. The zero-order valence-corrected chi connectivity index (χ0v) is 20.7. The van der Waals surface area contributed by atoms with Crippen molar-refractivity contribution in [2.75, 3.05) is 6.61 Å². The van der Waals surface area contributed by atoms with Crippen molar-refractivity contribution in [2.45, 2.75) is 46.1 Å². The van der Waals surface area contributed by atoms with Gasteiger partial charge in [-0.3, -0.25) is 19.5 Å². The van der Waals surface area contributed by atoms with E-state index in [2.05, 4.69) is 20.7 Å². The third-order valence-electron chi connectivity index (χ3n) is 6.11. The molecule has 0 saturated heterocycles. The number of aliphatic carboxylic acids is 1. The highest BCUT2D eigenvalue weighted by atomic mass is 16.5. The van der Waals surface area contributed by atoms with E-state index in [1.54, 1.807) is 20.8 Å². The molecule has 0 aliphatic carbocycles. The second kappa shape index (κ2) is 12.1. The van der Waals surface area contributed by atoms with Crippen LogP contribution in [-0.2, 0) is 20.7 Å². The first-order valence-electron chi connectivity index (χ1n) is 11.9. The molecule has 1 amide bonds. The Labute approximate surface area is 210 Å². The Morgan fingerprint density at radius 1 is 1.06 bits per heavy atom. The van der Waals surface area contributed by atoms with Crippen LogP contribution in [0.25, 0.3) is 11.1 Å². The van der Waals surface area contributed by atoms with Crippen LogP contribution < -0.4 is 5.32 Å². The number of carbonyl (C=O) groups excluding carboxylic acids is 2. The summed E-state index contributed by atoms with van der Waals surface area (Å²) >= 11 is 0. The number of carboxylic acid groups (broad SMARTS) is 1. The first kappa shape index (κ1) is 26.6. The largest absolute Gasteiger partial charge is 0.481 e. The highest BCUT2D eigenvalue weighted by Crippen LogP contribution is 2.30. The van der Waals surface area contributed by atoms with Gasteiger partial charge in [-0.15, -0.1) is 5.10 Å². The fraction of sp³-hybridized carbons (Fsp3) is 0.370. The minimum Gasteiger partial charge on any atom is -0.481 e. The van der Waals surface area contributed by atoms with E-state index in [0.29, 0.717) is 6.42 Å². The number of carbonyl (C=O) groups is 3. The van der Waals surface area contributed by atoms with Gasteiger partial charge in [-0.1, -0.05) is 73.7 Å². The summed E-state index contributed by atoms with van der Waals surface area (Å²) in [5.41, 5.74) is 1.98. The lowest BCUT2D eigenvalue weighted by Crippen LogP contribution is -2.43. The van der Waals surface area contributed by atoms with Gasteiger partial charge in [0.2, 0.25) is 0 Å². The Bertz CT molecular complexity index is 1150. The summed E-state index contributed by atoms with van der Waals surface area (Å²) in [6.45, 7) is 5.02. The average molecular weight is 493 g/mol. The van der Waals surface area contributed by atoms with Gasteiger partial charge in [0, 0.05) is 6.04 Å². The van der Waals surface area contributed by atoms with E-state index in [-0.39, 0.29) is 37.0 Å². The Hall–Kier alpha value is -4.01. The van der Waals surface area contributed by atoms with Gasteiger partial charge in [-0.2, -0.15) is 0 Å². The molecular formula is C27H32N4O5. The van der Waals surface area contributed by atoms with Crippen LogP contribution in [0.2, 0.25) is 0 Å². The van der Waals surface area contributed by atoms with Gasteiger partial charge in [0.05, 0.1) is 24.1 Å². The van der Waals surface area contributed by atoms with Crippen molar-refractivity contribution in [1.29, 1.82) is 0 Å². The Kier molecular flexibility index (Phi) is 8.94. The lowest BCUT2D eigenvalue weighted by molar-refractivity contribution is -0.154. The summed E-state index contributed by atoms with van der Waals surface area (Å²) in [5, 5.41) is 22.8. The van der Waals surface area contributed by atoms with Crippen LogP contribution in [0.15, 0.2) is 60.8 Å². The van der Waals surface area contributed by atoms with E-state index < -0.39 is 23.3 Å². The van der Waals surface area contributed by atoms with E-state index >= 15 is 0 Å². The molecule has 3 N–H and O–H groups in total. The minimum atomic E-state index is -1.23. The number of aromatic nitrogens is 3. The standard InChI is InChI=1S/C27H32N4O5/c1-18(2)25(33)36-14-13-27(3,26(34)35)16-22(29-24(32)23-17-28-31-30-23)15-19-9-11-21(12-10-19)20-7-5-4-6-8-20/h4-12,17-18,22H,13-16H2,1-3H3,(H,29,32)(H,34,35)(H,28,30,31)/t22-,27?/m1/s1. The van der Waals surface area contributed by atoms with Crippen LogP contribution in [0.1, 0.15) is 49.7 Å². The molecule has 2 aromatic carbocycles. The SMILES string of the molecule is CC(C)C(=O)OCCC(C)(C[C@@H](Cc1ccc(-c2ccccc2)cc1)NC(=O)c1c[nH]nn1)C(=O)O. The quantitative estimate of drug-likeness (QED) is 0.327. The van der Waals surface area contributed by atoms with Gasteiger partial charge in [-0.25, -0.2) is 0 Å². The monoisotopic (exact) mass is 492 g/mol. The number of nitrogens with zero attached hydrogens (tertiary/aromatic N) is 2. The molecule has 0 spiro atoms. The Morgan fingerprint density at radius 3 is 2.31 bits per heavy atom. The molecular weight excluding hydrogens is 460 g/mol. The fourth-order valence-corrected chi connectivity index (χ4v) is 3.88. The molecule has 0 radical (unpaired) electrons. The van der Waals surface area contributed by atoms with E-state index in [9.17, 15) is 19.5 Å². The summed E-state index contributed by atoms with van der Waals surface area (Å²) in [6, 6.07) is 17.4. The third-order valence-corrected chi connectivity index (χ3v) is 6.11. The molecule has 190 valence electrons. The highest BCUT2D eigenvalue weighted by molar-refractivity contribution is 5.92. The van der Waals surface area contributed by atoms with E-state index in [1.807, 2.05) is 54.6 Å². The van der Waals surface area contributed by atoms with Crippen molar-refractivity contribution in [2.24, 2.45) is 11.3 Å². The first-order valence-corrected chi connectivity index (χ1v) is 11.9. The molecule has 3 rings (SSSR count). The maximum absolute atomic E-state index is 12.7. The van der Waals surface area contributed by atoms with Gasteiger partial charge in [-0.05, 0) is 42.9 Å². The van der Waals surface area contributed by atoms with E-state index in [4.69, 9.17) is 4.74 Å². The molecule has 1 unspecified atom stereocenters. The van der Waals surface area contributed by atoms with Crippen molar-refractivity contribution >= 4 is 17.8 Å². The van der Waals surface area contributed by atoms with Gasteiger partial charge in [0.25, 0.3) is 5.91 Å². The molecule has 0 saturated carbocycles. The van der Waals surface area contributed by atoms with Crippen LogP contribution in [0, 0.1) is 11.3 Å². The number of hydrogen-bond donors (Lipinski definition) is 3. The third kappa shape index (κ3) is 7.24. The van der Waals surface area contributed by atoms with Crippen molar-refractivity contribution in [1.82, 2.24) is 20.7 Å². The number of rotatable bonds is 12. The molecule has 2 atom stereocenters. The van der Waals surface area contributed by atoms with Crippen LogP contribution in [-0.4, -0.2) is 51.0 Å². The number of H-pyrrole nitrogens is 1. The summed E-state index contributed by atoms with van der Waals surface area (Å²) in [4.78, 5) is 36.8. The lowest BCUT2D eigenvalue weighted by Gasteiger charge is -2.30. The molecule has 0 aliphatic rings. The molecule has 0 aliphatic heterocycles. The smallest absolute Gasteiger partial charge is 0.309 e. The van der Waals surface area contributed by atoms with Crippen LogP contribution in [0.3, 0.4) is 0 Å². The van der Waals surface area contributed by atoms with Gasteiger partial charge < -0.3 is 15.2 Å². The van der Waals surface area contributed by atoms with Gasteiger partial charge in [0.1, 0.15) is 0 Å². The zero-order chi connectivity index (χ0) is 26.1. The zero-order valence-electron chi connectivity index (χ0n) is 20.7. The minimum absolute atomic E-state index is 0.0183. The van der Waals surface area contributed by atoms with Crippen LogP contribution in [0.5, 0.6) is 0 Å². The maximum atomic E-state index is 12.7. The molecule has 0 bridgehead atoms. The molecule has 0 fully saturated rings. The van der Waals surface area contributed by atoms with E-state index in [1.165, 1.54) is 6.20 Å². The number of benzene rings is 2. The van der Waals surface area contributed by atoms with Gasteiger partial charge in [0.15, 0.2) is 5.69 Å².